The molecular weight excluding hydrogens is 202 g/mol. The first-order chi connectivity index (χ1) is 7.65. The van der Waals surface area contributed by atoms with E-state index in [1.807, 2.05) is 19.1 Å². The van der Waals surface area contributed by atoms with Crippen LogP contribution in [0.2, 0.25) is 0 Å². The van der Waals surface area contributed by atoms with Crippen LogP contribution >= 0.6 is 0 Å². The zero-order valence-corrected chi connectivity index (χ0v) is 8.94. The van der Waals surface area contributed by atoms with Crippen molar-refractivity contribution >= 4 is 17.2 Å². The van der Waals surface area contributed by atoms with Crippen molar-refractivity contribution in [2.24, 2.45) is 0 Å². The summed E-state index contributed by atoms with van der Waals surface area (Å²) in [5, 5.41) is 12.4. The predicted molar refractivity (Wildman–Crippen MR) is 64.8 cm³/mol. The molecule has 0 radical (unpaired) electrons. The predicted octanol–water partition coefficient (Wildman–Crippen LogP) is 2.42. The topological polar surface area (TPSA) is 71.2 Å². The molecule has 4 heteroatoms. The molecule has 82 valence electrons. The van der Waals surface area contributed by atoms with E-state index in [1.54, 1.807) is 24.4 Å². The van der Waals surface area contributed by atoms with Crippen LogP contribution in [0.3, 0.4) is 0 Å². The molecule has 0 atom stereocenters. The molecule has 0 saturated heterocycles. The molecule has 0 fully saturated rings. The van der Waals surface area contributed by atoms with E-state index in [2.05, 4.69) is 10.3 Å². The van der Waals surface area contributed by atoms with Gasteiger partial charge in [-0.25, -0.2) is 4.98 Å². The molecule has 16 heavy (non-hydrogen) atoms. The zero-order valence-electron chi connectivity index (χ0n) is 8.94. The van der Waals surface area contributed by atoms with Gasteiger partial charge in [0.2, 0.25) is 0 Å². The summed E-state index contributed by atoms with van der Waals surface area (Å²) >= 11 is 0. The van der Waals surface area contributed by atoms with Crippen molar-refractivity contribution in [3.05, 3.63) is 42.1 Å². The van der Waals surface area contributed by atoms with Crippen molar-refractivity contribution in [1.82, 2.24) is 4.98 Å². The fraction of sp³-hybridized carbons (Fsp3) is 0.0833. The number of phenolic OH excluding ortho intramolecular Hbond substituents is 1. The Balaban J connectivity index is 2.27. The minimum absolute atomic E-state index is 0.204. The Kier molecular flexibility index (Phi) is 2.64. The van der Waals surface area contributed by atoms with Crippen molar-refractivity contribution in [2.45, 2.75) is 6.92 Å². The first kappa shape index (κ1) is 10.3. The second kappa shape index (κ2) is 4.10. The van der Waals surface area contributed by atoms with Gasteiger partial charge in [-0.2, -0.15) is 0 Å². The monoisotopic (exact) mass is 215 g/mol. The van der Waals surface area contributed by atoms with Crippen LogP contribution in [0, 0.1) is 6.92 Å². The number of pyridine rings is 1. The third-order valence-corrected chi connectivity index (χ3v) is 2.16. The van der Waals surface area contributed by atoms with Crippen LogP contribution in [0.1, 0.15) is 5.56 Å². The molecule has 1 aromatic heterocycles. The lowest BCUT2D eigenvalue weighted by Gasteiger charge is -2.08. The summed E-state index contributed by atoms with van der Waals surface area (Å²) in [7, 11) is 0. The number of hydrogen-bond donors (Lipinski definition) is 3. The van der Waals surface area contributed by atoms with Crippen LogP contribution in [-0.2, 0) is 0 Å². The number of aromatic nitrogens is 1. The van der Waals surface area contributed by atoms with Crippen molar-refractivity contribution < 1.29 is 5.11 Å². The van der Waals surface area contributed by atoms with E-state index in [9.17, 15) is 5.11 Å². The first-order valence-electron chi connectivity index (χ1n) is 4.93. The molecule has 0 amide bonds. The Hall–Kier alpha value is -2.23. The van der Waals surface area contributed by atoms with E-state index in [4.69, 9.17) is 5.73 Å². The van der Waals surface area contributed by atoms with E-state index in [-0.39, 0.29) is 5.75 Å². The van der Waals surface area contributed by atoms with Crippen molar-refractivity contribution in [3.8, 4) is 5.75 Å². The van der Waals surface area contributed by atoms with Crippen LogP contribution in [-0.4, -0.2) is 10.1 Å². The van der Waals surface area contributed by atoms with Gasteiger partial charge < -0.3 is 16.2 Å². The van der Waals surface area contributed by atoms with E-state index < -0.39 is 0 Å². The number of benzene rings is 1. The van der Waals surface area contributed by atoms with Crippen LogP contribution < -0.4 is 11.1 Å². The van der Waals surface area contributed by atoms with E-state index in [0.29, 0.717) is 11.5 Å². The molecule has 4 N–H and O–H groups in total. The van der Waals surface area contributed by atoms with Crippen LogP contribution in [0.4, 0.5) is 17.2 Å². The maximum absolute atomic E-state index is 9.31. The van der Waals surface area contributed by atoms with Gasteiger partial charge in [-0.3, -0.25) is 0 Å². The third-order valence-electron chi connectivity index (χ3n) is 2.16. The molecule has 4 nitrogen and oxygen atoms in total. The highest BCUT2D eigenvalue weighted by molar-refractivity contribution is 5.69. The molecule has 0 aliphatic heterocycles. The van der Waals surface area contributed by atoms with Gasteiger partial charge in [0, 0.05) is 18.0 Å². The number of anilines is 3. The van der Waals surface area contributed by atoms with Gasteiger partial charge in [0.1, 0.15) is 5.75 Å². The minimum atomic E-state index is 0.204. The summed E-state index contributed by atoms with van der Waals surface area (Å²) in [6, 6.07) is 8.65. The first-order valence-corrected chi connectivity index (χ1v) is 4.93. The minimum Gasteiger partial charge on any atom is -0.508 e. The summed E-state index contributed by atoms with van der Waals surface area (Å²) in [5.41, 5.74) is 8.17. The van der Waals surface area contributed by atoms with Gasteiger partial charge in [-0.05, 0) is 30.7 Å². The van der Waals surface area contributed by atoms with Gasteiger partial charge in [0.25, 0.3) is 0 Å². The maximum atomic E-state index is 9.31. The number of aromatic hydroxyl groups is 1. The number of phenols is 1. The molecule has 1 aromatic carbocycles. The summed E-state index contributed by atoms with van der Waals surface area (Å²) in [4.78, 5) is 4.19. The quantitative estimate of drug-likeness (QED) is 0.719. The van der Waals surface area contributed by atoms with Crippen molar-refractivity contribution in [1.29, 1.82) is 0 Å². The smallest absolute Gasteiger partial charge is 0.153 e. The third kappa shape index (κ3) is 2.23. The van der Waals surface area contributed by atoms with Crippen LogP contribution in [0.25, 0.3) is 0 Å². The highest BCUT2D eigenvalue weighted by Gasteiger charge is 2.01. The normalized spacial score (nSPS) is 10.1. The van der Waals surface area contributed by atoms with E-state index >= 15 is 0 Å². The number of hydrogen-bond acceptors (Lipinski definition) is 4. The highest BCUT2D eigenvalue weighted by atomic mass is 16.3. The summed E-state index contributed by atoms with van der Waals surface area (Å²) < 4.78 is 0. The van der Waals surface area contributed by atoms with Gasteiger partial charge in [-0.15, -0.1) is 0 Å². The lowest BCUT2D eigenvalue weighted by atomic mass is 10.2. The van der Waals surface area contributed by atoms with Crippen LogP contribution in [0.15, 0.2) is 36.5 Å². The van der Waals surface area contributed by atoms with Crippen molar-refractivity contribution in [3.63, 3.8) is 0 Å². The number of rotatable bonds is 2. The fourth-order valence-corrected chi connectivity index (χ4v) is 1.42. The fourth-order valence-electron chi connectivity index (χ4n) is 1.42. The standard InChI is InChI=1S/C12H13N3O/c1-8-5-11(13)12(14-7-8)15-9-3-2-4-10(16)6-9/h2-7,16H,13H2,1H3,(H,14,15). The molecule has 0 unspecified atom stereocenters. The van der Waals surface area contributed by atoms with Crippen LogP contribution in [0.5, 0.6) is 5.75 Å². The SMILES string of the molecule is Cc1cnc(Nc2cccc(O)c2)c(N)c1. The highest BCUT2D eigenvalue weighted by Crippen LogP contribution is 2.23. The number of nitrogens with one attached hydrogen (secondary N) is 1. The Labute approximate surface area is 93.8 Å². The summed E-state index contributed by atoms with van der Waals surface area (Å²) in [6.45, 7) is 1.93. The Morgan fingerprint density at radius 1 is 1.31 bits per heavy atom. The molecule has 2 rings (SSSR count). The molecule has 0 aliphatic rings. The largest absolute Gasteiger partial charge is 0.508 e. The van der Waals surface area contributed by atoms with Crippen molar-refractivity contribution in [2.75, 3.05) is 11.1 Å². The molecular formula is C12H13N3O. The van der Waals surface area contributed by atoms with Gasteiger partial charge in [0.05, 0.1) is 5.69 Å². The summed E-state index contributed by atoms with van der Waals surface area (Å²) in [5.74, 6) is 0.798. The number of aryl methyl sites for hydroxylation is 1. The summed E-state index contributed by atoms with van der Waals surface area (Å²) in [6.07, 6.45) is 1.74. The molecule has 0 spiro atoms. The molecule has 0 saturated carbocycles. The zero-order chi connectivity index (χ0) is 11.5. The molecule has 2 aromatic rings. The number of nitrogens with zero attached hydrogens (tertiary/aromatic N) is 1. The molecule has 0 bridgehead atoms. The average molecular weight is 215 g/mol. The Morgan fingerprint density at radius 2 is 2.12 bits per heavy atom. The second-order valence-electron chi connectivity index (χ2n) is 3.63. The van der Waals surface area contributed by atoms with E-state index in [1.165, 1.54) is 0 Å². The van der Waals surface area contributed by atoms with E-state index in [0.717, 1.165) is 11.3 Å². The number of nitrogen functional groups attached to an aromatic ring is 1. The second-order valence-corrected chi connectivity index (χ2v) is 3.63. The average Bonchev–Trinajstić information content (AvgIpc) is 2.22. The van der Waals surface area contributed by atoms with Gasteiger partial charge >= 0.3 is 0 Å². The lowest BCUT2D eigenvalue weighted by Crippen LogP contribution is -1.99. The lowest BCUT2D eigenvalue weighted by molar-refractivity contribution is 0.475. The van der Waals surface area contributed by atoms with Gasteiger partial charge in [0.15, 0.2) is 5.82 Å². The Morgan fingerprint density at radius 3 is 2.81 bits per heavy atom. The number of nitrogens with two attached hydrogens (primary N) is 1. The molecule has 1 heterocycles. The maximum Gasteiger partial charge on any atom is 0.153 e. The molecule has 0 aliphatic carbocycles. The van der Waals surface area contributed by atoms with Gasteiger partial charge in [-0.1, -0.05) is 6.07 Å². The Bertz CT molecular complexity index is 511.